The molecule has 0 aliphatic carbocycles. The van der Waals surface area contributed by atoms with Crippen LogP contribution in [0.5, 0.6) is 0 Å². The van der Waals surface area contributed by atoms with Crippen LogP contribution >= 0.6 is 22.7 Å². The molecule has 2 aromatic rings. The van der Waals surface area contributed by atoms with Gasteiger partial charge in [-0.2, -0.15) is 0 Å². The van der Waals surface area contributed by atoms with Crippen LogP contribution in [-0.4, -0.2) is 17.6 Å². The Morgan fingerprint density at radius 3 is 2.72 bits per heavy atom. The van der Waals surface area contributed by atoms with E-state index in [-0.39, 0.29) is 12.5 Å². The topological polar surface area (TPSA) is 49.3 Å². The zero-order chi connectivity index (χ0) is 12.8. The lowest BCUT2D eigenvalue weighted by Gasteiger charge is -2.09. The van der Waals surface area contributed by atoms with Crippen LogP contribution in [0.1, 0.15) is 22.3 Å². The summed E-state index contributed by atoms with van der Waals surface area (Å²) in [7, 11) is 0. The number of amides is 1. The summed E-state index contributed by atoms with van der Waals surface area (Å²) < 4.78 is 0. The zero-order valence-electron chi connectivity index (χ0n) is 9.83. The fraction of sp³-hybridized carbons (Fsp3) is 0.308. The molecule has 96 valence electrons. The Morgan fingerprint density at radius 2 is 2.06 bits per heavy atom. The smallest absolute Gasteiger partial charge is 0.220 e. The van der Waals surface area contributed by atoms with E-state index in [0.29, 0.717) is 6.42 Å². The molecule has 2 aromatic heterocycles. The number of hydrogen-bond acceptors (Lipinski definition) is 4. The van der Waals surface area contributed by atoms with Crippen LogP contribution in [0.4, 0.5) is 0 Å². The van der Waals surface area contributed by atoms with Crippen LogP contribution in [0.2, 0.25) is 0 Å². The van der Waals surface area contributed by atoms with Gasteiger partial charge in [0.05, 0.1) is 0 Å². The Morgan fingerprint density at radius 1 is 1.28 bits per heavy atom. The van der Waals surface area contributed by atoms with Gasteiger partial charge < -0.3 is 10.4 Å². The van der Waals surface area contributed by atoms with E-state index in [1.54, 1.807) is 11.3 Å². The Kier molecular flexibility index (Phi) is 4.92. The Labute approximate surface area is 114 Å². The highest BCUT2D eigenvalue weighted by molar-refractivity contribution is 7.10. The molecule has 0 radical (unpaired) electrons. The number of carbonyl (C=O) groups is 1. The van der Waals surface area contributed by atoms with Gasteiger partial charge in [0.25, 0.3) is 0 Å². The molecule has 0 aromatic carbocycles. The van der Waals surface area contributed by atoms with Gasteiger partial charge in [0, 0.05) is 22.7 Å². The van der Waals surface area contributed by atoms with Gasteiger partial charge in [-0.25, -0.2) is 0 Å². The number of nitrogens with one attached hydrogen (secondary N) is 1. The number of rotatable bonds is 6. The Bertz CT molecular complexity index is 465. The molecule has 2 heterocycles. The molecule has 1 atom stereocenters. The van der Waals surface area contributed by atoms with Crippen LogP contribution < -0.4 is 5.32 Å². The van der Waals surface area contributed by atoms with E-state index in [0.717, 1.165) is 11.3 Å². The number of thiophene rings is 2. The molecule has 18 heavy (non-hydrogen) atoms. The molecule has 0 saturated carbocycles. The monoisotopic (exact) mass is 281 g/mol. The third kappa shape index (κ3) is 3.94. The van der Waals surface area contributed by atoms with Crippen LogP contribution in [0, 0.1) is 0 Å². The molecule has 0 aliphatic rings. The average molecular weight is 281 g/mol. The predicted octanol–water partition coefficient (Wildman–Crippen LogP) is 2.59. The van der Waals surface area contributed by atoms with Gasteiger partial charge in [0.2, 0.25) is 5.91 Å². The van der Waals surface area contributed by atoms with Crippen molar-refractivity contribution in [1.29, 1.82) is 0 Å². The summed E-state index contributed by atoms with van der Waals surface area (Å²) in [6.45, 7) is 0.282. The van der Waals surface area contributed by atoms with Crippen molar-refractivity contribution in [3.05, 3.63) is 44.8 Å². The van der Waals surface area contributed by atoms with Crippen molar-refractivity contribution in [1.82, 2.24) is 5.32 Å². The van der Waals surface area contributed by atoms with Crippen molar-refractivity contribution in [2.24, 2.45) is 0 Å². The largest absolute Gasteiger partial charge is 0.386 e. The maximum absolute atomic E-state index is 11.6. The van der Waals surface area contributed by atoms with Crippen LogP contribution in [0.15, 0.2) is 35.0 Å². The zero-order valence-corrected chi connectivity index (χ0v) is 11.5. The Hall–Kier alpha value is -1.17. The summed E-state index contributed by atoms with van der Waals surface area (Å²) in [5.41, 5.74) is 0. The molecule has 1 amide bonds. The van der Waals surface area contributed by atoms with Crippen molar-refractivity contribution in [3.8, 4) is 0 Å². The standard InChI is InChI=1S/C13H15NO2S2/c15-11(12-4-2-8-18-12)9-14-13(16)6-5-10-3-1-7-17-10/h1-4,7-8,11,15H,5-6,9H2,(H,14,16). The fourth-order valence-electron chi connectivity index (χ4n) is 1.57. The maximum Gasteiger partial charge on any atom is 0.220 e. The van der Waals surface area contributed by atoms with E-state index in [2.05, 4.69) is 5.32 Å². The van der Waals surface area contributed by atoms with E-state index in [4.69, 9.17) is 0 Å². The SMILES string of the molecule is O=C(CCc1cccs1)NCC(O)c1cccs1. The molecule has 0 fully saturated rings. The highest BCUT2D eigenvalue weighted by atomic mass is 32.1. The minimum absolute atomic E-state index is 0.0148. The number of aliphatic hydroxyl groups is 1. The first-order chi connectivity index (χ1) is 8.75. The number of hydrogen-bond donors (Lipinski definition) is 2. The first-order valence-corrected chi connectivity index (χ1v) is 7.52. The second kappa shape index (κ2) is 6.68. The molecule has 0 bridgehead atoms. The lowest BCUT2D eigenvalue weighted by molar-refractivity contribution is -0.121. The lowest BCUT2D eigenvalue weighted by atomic mass is 10.2. The summed E-state index contributed by atoms with van der Waals surface area (Å²) in [6, 6.07) is 7.77. The van der Waals surface area contributed by atoms with E-state index in [9.17, 15) is 9.90 Å². The minimum Gasteiger partial charge on any atom is -0.386 e. The van der Waals surface area contributed by atoms with Crippen molar-refractivity contribution >= 4 is 28.6 Å². The van der Waals surface area contributed by atoms with Crippen molar-refractivity contribution in [2.75, 3.05) is 6.54 Å². The average Bonchev–Trinajstić information content (AvgIpc) is 3.05. The number of aliphatic hydroxyl groups excluding tert-OH is 1. The summed E-state index contributed by atoms with van der Waals surface area (Å²) in [6.07, 6.45) is 0.631. The highest BCUT2D eigenvalue weighted by Crippen LogP contribution is 2.17. The van der Waals surface area contributed by atoms with Gasteiger partial charge >= 0.3 is 0 Å². The molecule has 5 heteroatoms. The third-order valence-corrected chi connectivity index (χ3v) is 4.45. The van der Waals surface area contributed by atoms with Gasteiger partial charge in [0.1, 0.15) is 6.10 Å². The van der Waals surface area contributed by atoms with Crippen molar-refractivity contribution < 1.29 is 9.90 Å². The van der Waals surface area contributed by atoms with E-state index in [1.165, 1.54) is 16.2 Å². The second-order valence-corrected chi connectivity index (χ2v) is 5.93. The predicted molar refractivity (Wildman–Crippen MR) is 74.9 cm³/mol. The second-order valence-electron chi connectivity index (χ2n) is 3.91. The van der Waals surface area contributed by atoms with Gasteiger partial charge in [-0.05, 0) is 29.3 Å². The molecular weight excluding hydrogens is 266 g/mol. The summed E-state index contributed by atoms with van der Waals surface area (Å²) in [5, 5.41) is 16.5. The first kappa shape index (κ1) is 13.3. The molecule has 3 nitrogen and oxygen atoms in total. The molecule has 1 unspecified atom stereocenters. The highest BCUT2D eigenvalue weighted by Gasteiger charge is 2.10. The first-order valence-electron chi connectivity index (χ1n) is 5.76. The summed E-state index contributed by atoms with van der Waals surface area (Å²) in [5.74, 6) is -0.0148. The quantitative estimate of drug-likeness (QED) is 0.855. The molecule has 2 rings (SSSR count). The number of carbonyl (C=O) groups excluding carboxylic acids is 1. The molecule has 2 N–H and O–H groups in total. The minimum atomic E-state index is -0.601. The van der Waals surface area contributed by atoms with Gasteiger partial charge in [0.15, 0.2) is 0 Å². The summed E-state index contributed by atoms with van der Waals surface area (Å²) >= 11 is 3.15. The Balaban J connectivity index is 1.68. The third-order valence-electron chi connectivity index (χ3n) is 2.54. The lowest BCUT2D eigenvalue weighted by Crippen LogP contribution is -2.28. The van der Waals surface area contributed by atoms with Crippen molar-refractivity contribution in [2.45, 2.75) is 18.9 Å². The van der Waals surface area contributed by atoms with E-state index in [1.807, 2.05) is 35.0 Å². The van der Waals surface area contributed by atoms with Crippen molar-refractivity contribution in [3.63, 3.8) is 0 Å². The maximum atomic E-state index is 11.6. The van der Waals surface area contributed by atoms with Crippen LogP contribution in [0.3, 0.4) is 0 Å². The normalized spacial score (nSPS) is 12.3. The summed E-state index contributed by atoms with van der Waals surface area (Å²) in [4.78, 5) is 13.7. The number of aryl methyl sites for hydroxylation is 1. The molecule has 0 saturated heterocycles. The van der Waals surface area contributed by atoms with Gasteiger partial charge in [-0.3, -0.25) is 4.79 Å². The van der Waals surface area contributed by atoms with Crippen LogP contribution in [-0.2, 0) is 11.2 Å². The van der Waals surface area contributed by atoms with E-state index >= 15 is 0 Å². The molecular formula is C13H15NO2S2. The molecule has 0 aliphatic heterocycles. The van der Waals surface area contributed by atoms with Gasteiger partial charge in [-0.1, -0.05) is 12.1 Å². The van der Waals surface area contributed by atoms with Gasteiger partial charge in [-0.15, -0.1) is 22.7 Å². The van der Waals surface area contributed by atoms with Crippen LogP contribution in [0.25, 0.3) is 0 Å². The molecule has 0 spiro atoms. The van der Waals surface area contributed by atoms with E-state index < -0.39 is 6.10 Å². The fourth-order valence-corrected chi connectivity index (χ4v) is 2.99.